The third kappa shape index (κ3) is 14.1. The monoisotopic (exact) mass is 1880 g/mol. The van der Waals surface area contributed by atoms with Crippen molar-refractivity contribution in [2.24, 2.45) is 0 Å². The van der Waals surface area contributed by atoms with E-state index in [9.17, 15) is 0 Å². The van der Waals surface area contributed by atoms with E-state index in [0.717, 1.165) is 88.5 Å². The van der Waals surface area contributed by atoms with Gasteiger partial charge in [-0.2, -0.15) is 0 Å². The molecule has 0 saturated heterocycles. The van der Waals surface area contributed by atoms with E-state index in [0.29, 0.717) is 0 Å². The lowest BCUT2D eigenvalue weighted by Gasteiger charge is -2.23. The molecule has 4 aromatic heterocycles. The molecule has 0 spiro atoms. The van der Waals surface area contributed by atoms with Gasteiger partial charge in [0, 0.05) is 65.3 Å². The van der Waals surface area contributed by atoms with Crippen LogP contribution in [0.4, 0.5) is 0 Å². The molecule has 0 unspecified atom stereocenters. The van der Waals surface area contributed by atoms with Crippen LogP contribution in [0.1, 0.15) is 116 Å². The number of hydrogen-bond donors (Lipinski definition) is 0. The molecule has 0 atom stereocenters. The molecule has 146 heavy (non-hydrogen) atoms. The smallest absolute Gasteiger partial charge is 0.143 e. The number of hydrogen-bond acceptors (Lipinski definition) is 4. The maximum Gasteiger partial charge on any atom is 0.143 e. The second-order valence-electron chi connectivity index (χ2n) is 44.9. The zero-order valence-corrected chi connectivity index (χ0v) is 84.7. The lowest BCUT2D eigenvalue weighted by Crippen LogP contribution is -2.10. The van der Waals surface area contributed by atoms with Crippen LogP contribution in [0.5, 0.6) is 0 Å². The third-order valence-corrected chi connectivity index (χ3v) is 31.6. The molecule has 0 radical (unpaired) electrons. The molecular weight excluding hydrogens is 1770 g/mol. The molecule has 30 rings (SSSR count). The van der Waals surface area contributed by atoms with Crippen LogP contribution in [0.15, 0.2) is 418 Å². The molecule has 4 nitrogen and oxygen atoms in total. The van der Waals surface area contributed by atoms with Gasteiger partial charge in [0.05, 0.1) is 0 Å². The molecule has 0 N–H and O–H groups in total. The van der Waals surface area contributed by atoms with E-state index in [-0.39, 0.29) is 21.7 Å². The Hall–Kier alpha value is -16.9. The van der Waals surface area contributed by atoms with Gasteiger partial charge in [-0.05, 0) is 273 Å². The molecule has 0 aliphatic carbocycles. The van der Waals surface area contributed by atoms with Crippen LogP contribution >= 0.6 is 0 Å². The second kappa shape index (κ2) is 32.8. The van der Waals surface area contributed by atoms with E-state index in [4.69, 9.17) is 17.7 Å². The second-order valence-corrected chi connectivity index (χ2v) is 44.9. The Morgan fingerprint density at radius 3 is 0.733 bits per heavy atom. The van der Waals surface area contributed by atoms with Crippen LogP contribution < -0.4 is 0 Å². The molecule has 4 heteroatoms. The van der Waals surface area contributed by atoms with Gasteiger partial charge in [-0.15, -0.1) is 0 Å². The van der Waals surface area contributed by atoms with Crippen LogP contribution in [0.2, 0.25) is 0 Å². The van der Waals surface area contributed by atoms with Crippen molar-refractivity contribution in [3.8, 4) is 66.8 Å². The minimum absolute atomic E-state index is 0.0829. The molecule has 4 heterocycles. The Balaban J connectivity index is 0.0000000968. The number of benzene rings is 26. The van der Waals surface area contributed by atoms with Crippen molar-refractivity contribution in [1.29, 1.82) is 0 Å². The first-order chi connectivity index (χ1) is 70.7. The topological polar surface area (TPSA) is 52.6 Å². The molecule has 0 aliphatic heterocycles. The van der Waals surface area contributed by atoms with Crippen LogP contribution in [0.25, 0.3) is 284 Å². The van der Waals surface area contributed by atoms with Crippen molar-refractivity contribution in [1.82, 2.24) is 0 Å². The lowest BCUT2D eigenvalue weighted by atomic mass is 9.81. The quantitative estimate of drug-likeness (QED) is 0.156. The van der Waals surface area contributed by atoms with Gasteiger partial charge in [-0.25, -0.2) is 0 Å². The number of para-hydroxylation sites is 8. The van der Waals surface area contributed by atoms with Gasteiger partial charge in [0.1, 0.15) is 44.7 Å². The summed E-state index contributed by atoms with van der Waals surface area (Å²) in [6.45, 7) is 31.8. The summed E-state index contributed by atoms with van der Waals surface area (Å²) in [6, 6.07) is 147. The van der Waals surface area contributed by atoms with Crippen molar-refractivity contribution < 1.29 is 17.7 Å². The number of aryl methyl sites for hydroxylation is 2. The first kappa shape index (κ1) is 88.0. The highest BCUT2D eigenvalue weighted by molar-refractivity contribution is 6.34. The Bertz CT molecular complexity index is 10500. The predicted octanol–water partition coefficient (Wildman–Crippen LogP) is 41.7. The average molecular weight is 1880 g/mol. The standard InChI is InChI=1S/C39H30O.C38H28O.C33H26O.C32H24O/c1-23-12-14-24(15-13-23)33-22-34(32-10-7-9-31-28-8-5-6-11-35(28)40-38(31)32)30-19-17-26-21-27(39(2,3)4)20-25-16-18-29(33)37(30)36(25)26;1-38(2,3)26-20-24-16-18-28-32(23-10-5-4-6-11-23)22-33(29-19-17-25(21-26)35(24)36(28)29)31-14-9-13-30-27-12-7-8-15-34(27)39-37(30)31;1-19-16-28(27-10-7-9-26-24-8-5-6-11-29(24)34-32(26)27)25-15-13-21-18-22(33(2,3)4)17-20-12-14-23(19)31(25)30(20)21;1-32(2,3)22-17-20-12-11-19-13-15-23(25-16-14-21(18-22)29(20)30(19)25)26-8-6-9-27-24-7-4-5-10-28(24)33-31(26)27/h5-22H,1-4H3;4-22H,1-3H3;5-18H,1-4H3;4-18H,1-3H3. The van der Waals surface area contributed by atoms with E-state index in [2.05, 4.69) is 473 Å². The summed E-state index contributed by atoms with van der Waals surface area (Å²) in [4.78, 5) is 0. The summed E-state index contributed by atoms with van der Waals surface area (Å²) in [5.74, 6) is 0. The number of rotatable bonds is 6. The van der Waals surface area contributed by atoms with Gasteiger partial charge in [0.15, 0.2) is 0 Å². The minimum Gasteiger partial charge on any atom is -0.455 e. The minimum atomic E-state index is 0.0829. The molecule has 30 aromatic rings. The maximum atomic E-state index is 6.54. The van der Waals surface area contributed by atoms with Gasteiger partial charge >= 0.3 is 0 Å². The summed E-state index contributed by atoms with van der Waals surface area (Å²) >= 11 is 0. The van der Waals surface area contributed by atoms with Gasteiger partial charge < -0.3 is 17.7 Å². The van der Waals surface area contributed by atoms with Crippen molar-refractivity contribution in [2.75, 3.05) is 0 Å². The Labute approximate surface area is 847 Å². The fourth-order valence-electron chi connectivity index (χ4n) is 24.0. The zero-order valence-electron chi connectivity index (χ0n) is 84.7. The summed E-state index contributed by atoms with van der Waals surface area (Å²) in [7, 11) is 0. The molecule has 0 aliphatic rings. The SMILES string of the molecule is CC(C)(C)c1cc2ccc3c(-c4ccccc4)cc(-c4cccc5c4oc4ccccc45)c4ccc(c1)c2c34.CC(C)(C)c1cc2ccc3ccc(-c4cccc5c4oc4ccccc45)c4ccc(c1)c2c34.Cc1cc(-c2cccc3c2oc2ccccc23)c2ccc3cc(C(C)(C)C)cc4ccc1c2c43.Cc1ccc(-c2cc(-c3cccc4c3oc3ccccc34)c3ccc4cc(C(C)(C)C)cc5ccc2c3c54)cc1. The summed E-state index contributed by atoms with van der Waals surface area (Å²) in [5, 5.41) is 40.8. The van der Waals surface area contributed by atoms with Crippen molar-refractivity contribution in [3.63, 3.8) is 0 Å². The van der Waals surface area contributed by atoms with Crippen molar-refractivity contribution in [2.45, 2.75) is 119 Å². The molecule has 0 amide bonds. The molecule has 0 saturated carbocycles. The van der Waals surface area contributed by atoms with Crippen LogP contribution in [0.3, 0.4) is 0 Å². The Kier molecular flexibility index (Phi) is 19.8. The summed E-state index contributed by atoms with van der Waals surface area (Å²) in [6.07, 6.45) is 0. The largest absolute Gasteiger partial charge is 0.455 e. The van der Waals surface area contributed by atoms with E-state index in [1.54, 1.807) is 0 Å². The van der Waals surface area contributed by atoms with Gasteiger partial charge in [0.25, 0.3) is 0 Å². The normalized spacial score (nSPS) is 12.6. The van der Waals surface area contributed by atoms with Crippen molar-refractivity contribution in [3.05, 3.63) is 434 Å². The maximum absolute atomic E-state index is 6.54. The highest BCUT2D eigenvalue weighted by atomic mass is 16.3. The number of furan rings is 4. The van der Waals surface area contributed by atoms with E-state index in [1.807, 2.05) is 24.3 Å². The molecule has 0 bridgehead atoms. The van der Waals surface area contributed by atoms with E-state index in [1.165, 1.54) is 229 Å². The third-order valence-electron chi connectivity index (χ3n) is 31.6. The Morgan fingerprint density at radius 1 is 0.151 bits per heavy atom. The Morgan fingerprint density at radius 2 is 0.397 bits per heavy atom. The fourth-order valence-corrected chi connectivity index (χ4v) is 24.0. The first-order valence-electron chi connectivity index (χ1n) is 51.4. The van der Waals surface area contributed by atoms with Gasteiger partial charge in [-0.1, -0.05) is 453 Å². The van der Waals surface area contributed by atoms with Gasteiger partial charge in [-0.3, -0.25) is 0 Å². The summed E-state index contributed by atoms with van der Waals surface area (Å²) < 4.78 is 25.9. The lowest BCUT2D eigenvalue weighted by molar-refractivity contribution is 0.591. The van der Waals surface area contributed by atoms with Crippen LogP contribution in [0, 0.1) is 13.8 Å². The highest BCUT2D eigenvalue weighted by Gasteiger charge is 2.30. The predicted molar refractivity (Wildman–Crippen MR) is 627 cm³/mol. The average Bonchev–Trinajstić information content (AvgIpc) is 0.949. The van der Waals surface area contributed by atoms with Gasteiger partial charge in [0.2, 0.25) is 0 Å². The first-order valence-corrected chi connectivity index (χ1v) is 51.4. The molecular formula is C142H108O4. The molecule has 700 valence electrons. The van der Waals surface area contributed by atoms with E-state index >= 15 is 0 Å². The zero-order chi connectivity index (χ0) is 99.0. The highest BCUT2D eigenvalue weighted by Crippen LogP contribution is 2.54. The van der Waals surface area contributed by atoms with E-state index < -0.39 is 0 Å². The van der Waals surface area contributed by atoms with Crippen LogP contribution in [-0.2, 0) is 21.7 Å². The fraction of sp³-hybridized carbons (Fsp3) is 0.127. The molecule has 0 fully saturated rings. The van der Waals surface area contributed by atoms with Crippen molar-refractivity contribution >= 4 is 217 Å². The van der Waals surface area contributed by atoms with Crippen LogP contribution in [-0.4, -0.2) is 0 Å². The number of fused-ring (bicyclic) bond motifs is 12. The summed E-state index contributed by atoms with van der Waals surface area (Å²) in [5.41, 5.74) is 30.4. The molecule has 26 aromatic carbocycles.